The van der Waals surface area contributed by atoms with E-state index in [1.807, 2.05) is 36.4 Å². The van der Waals surface area contributed by atoms with E-state index in [0.29, 0.717) is 12.1 Å². The van der Waals surface area contributed by atoms with Gasteiger partial charge in [-0.15, -0.1) is 0 Å². The van der Waals surface area contributed by atoms with Crippen LogP contribution in [0.2, 0.25) is 0 Å². The van der Waals surface area contributed by atoms with E-state index in [9.17, 15) is 9.59 Å². The summed E-state index contributed by atoms with van der Waals surface area (Å²) < 4.78 is 5.46. The van der Waals surface area contributed by atoms with E-state index >= 15 is 0 Å². The lowest BCUT2D eigenvalue weighted by molar-refractivity contribution is -0.114. The fourth-order valence-corrected chi connectivity index (χ4v) is 4.16. The van der Waals surface area contributed by atoms with Crippen molar-refractivity contribution in [3.8, 4) is 16.9 Å². The van der Waals surface area contributed by atoms with Gasteiger partial charge in [0.2, 0.25) is 5.91 Å². The second-order valence-electron chi connectivity index (χ2n) is 7.67. The van der Waals surface area contributed by atoms with Gasteiger partial charge in [0.15, 0.2) is 0 Å². The van der Waals surface area contributed by atoms with Crippen molar-refractivity contribution in [2.45, 2.75) is 6.54 Å². The highest BCUT2D eigenvalue weighted by molar-refractivity contribution is 6.06. The molecule has 7 nitrogen and oxygen atoms in total. The Balaban J connectivity index is 1.63. The number of aromatic nitrogens is 2. The average Bonchev–Trinajstić information content (AvgIpc) is 3.37. The summed E-state index contributed by atoms with van der Waals surface area (Å²) in [5, 5.41) is 10.2. The molecule has 0 radical (unpaired) electrons. The van der Waals surface area contributed by atoms with Crippen LogP contribution in [0.15, 0.2) is 60.8 Å². The molecule has 0 saturated heterocycles. The number of carbonyl (C=O) groups excluding carboxylic acids is 2. The number of methoxy groups -OCH3 is 1. The molecule has 1 aliphatic heterocycles. The molecule has 1 aliphatic rings. The molecule has 0 spiro atoms. The third-order valence-electron chi connectivity index (χ3n) is 5.80. The smallest absolute Gasteiger partial charge is 0.254 e. The van der Waals surface area contributed by atoms with Crippen molar-refractivity contribution in [3.05, 3.63) is 71.9 Å². The van der Waals surface area contributed by atoms with Crippen LogP contribution < -0.4 is 10.5 Å². The van der Waals surface area contributed by atoms with Crippen LogP contribution in [0.25, 0.3) is 32.8 Å². The lowest BCUT2D eigenvalue weighted by atomic mass is 9.95. The number of nitrogens with zero attached hydrogens (tertiary/aromatic N) is 2. The summed E-state index contributed by atoms with van der Waals surface area (Å²) in [5.74, 6) is 0.0214. The Bertz CT molecular complexity index is 1400. The highest BCUT2D eigenvalue weighted by atomic mass is 16.5. The summed E-state index contributed by atoms with van der Waals surface area (Å²) in [6.45, 7) is 4.20. The number of fused-ring (bicyclic) bond motifs is 4. The van der Waals surface area contributed by atoms with E-state index < -0.39 is 5.91 Å². The highest BCUT2D eigenvalue weighted by Crippen LogP contribution is 2.36. The van der Waals surface area contributed by atoms with Crippen molar-refractivity contribution in [2.75, 3.05) is 13.7 Å². The standard InChI is InChI=1S/C24H20N4O3/c1-13(23(25)29)11-28-12-21-18(24(28)30)6-5-14-3-4-15(8-19(14)21)20-9-17(31-2)7-16-10-26-27-22(16)20/h3-10H,1,11-12H2,2H3,(H2,25,29)(H,26,27). The number of ether oxygens (including phenoxy) is 1. The van der Waals surface area contributed by atoms with E-state index in [1.54, 1.807) is 18.2 Å². The number of rotatable bonds is 5. The van der Waals surface area contributed by atoms with Crippen LogP contribution in [0.4, 0.5) is 0 Å². The Hall–Kier alpha value is -4.13. The first-order valence-corrected chi connectivity index (χ1v) is 9.80. The molecule has 0 saturated carbocycles. The van der Waals surface area contributed by atoms with Gasteiger partial charge in [-0.05, 0) is 46.2 Å². The maximum Gasteiger partial charge on any atom is 0.254 e. The molecular formula is C24H20N4O3. The Kier molecular flexibility index (Phi) is 4.25. The van der Waals surface area contributed by atoms with Crippen molar-refractivity contribution in [1.29, 1.82) is 0 Å². The summed E-state index contributed by atoms with van der Waals surface area (Å²) in [7, 11) is 1.64. The van der Waals surface area contributed by atoms with Gasteiger partial charge in [0.25, 0.3) is 5.91 Å². The lowest BCUT2D eigenvalue weighted by Gasteiger charge is -2.15. The van der Waals surface area contributed by atoms with Crippen LogP contribution in [-0.2, 0) is 11.3 Å². The van der Waals surface area contributed by atoms with Gasteiger partial charge in [-0.2, -0.15) is 5.10 Å². The topological polar surface area (TPSA) is 101 Å². The number of H-pyrrole nitrogens is 1. The monoisotopic (exact) mass is 412 g/mol. The highest BCUT2D eigenvalue weighted by Gasteiger charge is 2.29. The average molecular weight is 412 g/mol. The largest absolute Gasteiger partial charge is 0.497 e. The van der Waals surface area contributed by atoms with Gasteiger partial charge in [0.1, 0.15) is 5.75 Å². The molecule has 0 bridgehead atoms. The van der Waals surface area contributed by atoms with E-state index in [1.165, 1.54) is 0 Å². The first-order valence-electron chi connectivity index (χ1n) is 9.80. The van der Waals surface area contributed by atoms with Crippen LogP contribution in [-0.4, -0.2) is 40.6 Å². The van der Waals surface area contributed by atoms with E-state index in [2.05, 4.69) is 22.8 Å². The number of amides is 2. The van der Waals surface area contributed by atoms with E-state index in [0.717, 1.165) is 44.1 Å². The lowest BCUT2D eigenvalue weighted by Crippen LogP contribution is -2.30. The minimum absolute atomic E-state index is 0.120. The van der Waals surface area contributed by atoms with Crippen molar-refractivity contribution >= 4 is 33.5 Å². The predicted molar refractivity (Wildman–Crippen MR) is 119 cm³/mol. The van der Waals surface area contributed by atoms with Crippen molar-refractivity contribution in [2.24, 2.45) is 5.73 Å². The molecule has 2 amide bonds. The Morgan fingerprint density at radius 3 is 2.77 bits per heavy atom. The maximum absolute atomic E-state index is 12.9. The summed E-state index contributed by atoms with van der Waals surface area (Å²) in [5.41, 5.74) is 9.97. The predicted octanol–water partition coefficient (Wildman–Crippen LogP) is 3.39. The van der Waals surface area contributed by atoms with Gasteiger partial charge in [-0.3, -0.25) is 14.7 Å². The van der Waals surface area contributed by atoms with Gasteiger partial charge in [0.05, 0.1) is 25.4 Å². The quantitative estimate of drug-likeness (QED) is 0.491. The molecule has 1 aromatic heterocycles. The minimum Gasteiger partial charge on any atom is -0.497 e. The number of nitrogens with one attached hydrogen (secondary N) is 1. The SMILES string of the molecule is C=C(CN1Cc2c(ccc3ccc(-c4cc(OC)cc5cn[nH]c45)cc23)C1=O)C(N)=O. The molecule has 7 heteroatoms. The maximum atomic E-state index is 12.9. The van der Waals surface area contributed by atoms with E-state index in [4.69, 9.17) is 10.5 Å². The number of hydrogen-bond acceptors (Lipinski definition) is 4. The first kappa shape index (κ1) is 18.9. The molecule has 3 aromatic carbocycles. The van der Waals surface area contributed by atoms with Gasteiger partial charge < -0.3 is 15.4 Å². The van der Waals surface area contributed by atoms with Crippen molar-refractivity contribution in [1.82, 2.24) is 15.1 Å². The molecule has 5 rings (SSSR count). The zero-order valence-corrected chi connectivity index (χ0v) is 16.9. The molecular weight excluding hydrogens is 392 g/mol. The van der Waals surface area contributed by atoms with Crippen LogP contribution in [0.5, 0.6) is 5.75 Å². The van der Waals surface area contributed by atoms with Gasteiger partial charge in [-0.25, -0.2) is 0 Å². The summed E-state index contributed by atoms with van der Waals surface area (Å²) in [6, 6.07) is 13.9. The molecule has 31 heavy (non-hydrogen) atoms. The molecule has 2 heterocycles. The Morgan fingerprint density at radius 2 is 2.00 bits per heavy atom. The Labute approximate surface area is 178 Å². The number of carbonyl (C=O) groups is 2. The number of benzene rings is 3. The zero-order valence-electron chi connectivity index (χ0n) is 16.9. The molecule has 0 fully saturated rings. The molecule has 154 valence electrons. The fourth-order valence-electron chi connectivity index (χ4n) is 4.16. The first-order chi connectivity index (χ1) is 15.0. The second-order valence-corrected chi connectivity index (χ2v) is 7.67. The number of aromatic amines is 1. The zero-order chi connectivity index (χ0) is 21.7. The third kappa shape index (κ3) is 3.02. The van der Waals surface area contributed by atoms with Crippen molar-refractivity contribution in [3.63, 3.8) is 0 Å². The summed E-state index contributed by atoms with van der Waals surface area (Å²) >= 11 is 0. The van der Waals surface area contributed by atoms with Crippen molar-refractivity contribution < 1.29 is 14.3 Å². The van der Waals surface area contributed by atoms with Gasteiger partial charge >= 0.3 is 0 Å². The molecule has 0 unspecified atom stereocenters. The Morgan fingerprint density at radius 1 is 1.19 bits per heavy atom. The third-order valence-corrected chi connectivity index (χ3v) is 5.80. The second kappa shape index (κ2) is 6.98. The van der Waals surface area contributed by atoms with Crippen LogP contribution >= 0.6 is 0 Å². The van der Waals surface area contributed by atoms with Gasteiger partial charge in [0, 0.05) is 28.6 Å². The summed E-state index contributed by atoms with van der Waals surface area (Å²) in [4.78, 5) is 25.9. The van der Waals surface area contributed by atoms with E-state index in [-0.39, 0.29) is 18.0 Å². The van der Waals surface area contributed by atoms with Crippen LogP contribution in [0.1, 0.15) is 15.9 Å². The van der Waals surface area contributed by atoms with Crippen LogP contribution in [0.3, 0.4) is 0 Å². The molecule has 0 aliphatic carbocycles. The van der Waals surface area contributed by atoms with Gasteiger partial charge in [-0.1, -0.05) is 24.8 Å². The summed E-state index contributed by atoms with van der Waals surface area (Å²) in [6.07, 6.45) is 1.77. The normalized spacial score (nSPS) is 13.1. The fraction of sp³-hybridized carbons (Fsp3) is 0.125. The number of hydrogen-bond donors (Lipinski definition) is 2. The van der Waals surface area contributed by atoms with Crippen LogP contribution in [0, 0.1) is 0 Å². The molecule has 0 atom stereocenters. The molecule has 4 aromatic rings. The number of primary amides is 1. The minimum atomic E-state index is -0.600. The number of nitrogens with two attached hydrogens (primary N) is 1. The molecule has 3 N–H and O–H groups in total.